The lowest BCUT2D eigenvalue weighted by Crippen LogP contribution is -1.98. The Balaban J connectivity index is 1.62. The van der Waals surface area contributed by atoms with Crippen LogP contribution in [0.1, 0.15) is 62.6 Å². The maximum atomic E-state index is 9.18. The monoisotopic (exact) mass is 383 g/mol. The summed E-state index contributed by atoms with van der Waals surface area (Å²) >= 11 is 1.63. The van der Waals surface area contributed by atoms with Gasteiger partial charge in [0.15, 0.2) is 0 Å². The summed E-state index contributed by atoms with van der Waals surface area (Å²) in [7, 11) is 0. The van der Waals surface area contributed by atoms with Gasteiger partial charge in [-0.05, 0) is 54.2 Å². The summed E-state index contributed by atoms with van der Waals surface area (Å²) in [5, 5.41) is 10.0. The second-order valence-corrected chi connectivity index (χ2v) is 8.12. The third-order valence-electron chi connectivity index (χ3n) is 4.97. The van der Waals surface area contributed by atoms with Crippen molar-refractivity contribution in [3.63, 3.8) is 0 Å². The Bertz CT molecular complexity index is 734. The summed E-state index contributed by atoms with van der Waals surface area (Å²) in [4.78, 5) is 4.54. The van der Waals surface area contributed by atoms with Gasteiger partial charge in [-0.25, -0.2) is 0 Å². The van der Waals surface area contributed by atoms with Crippen molar-refractivity contribution in [3.05, 3.63) is 59.7 Å². The van der Waals surface area contributed by atoms with Crippen molar-refractivity contribution < 1.29 is 9.84 Å². The quantitative estimate of drug-likeness (QED) is 0.549. The Kier molecular flexibility index (Phi) is 7.36. The molecule has 0 spiro atoms. The van der Waals surface area contributed by atoms with Gasteiger partial charge in [-0.2, -0.15) is 0 Å². The Morgan fingerprint density at radius 1 is 1.00 bits per heavy atom. The lowest BCUT2D eigenvalue weighted by atomic mass is 9.90. The van der Waals surface area contributed by atoms with Crippen LogP contribution in [0.25, 0.3) is 0 Å². The largest absolute Gasteiger partial charge is 0.457 e. The molecule has 0 aliphatic carbocycles. The van der Waals surface area contributed by atoms with Crippen molar-refractivity contribution in [3.8, 4) is 11.5 Å². The van der Waals surface area contributed by atoms with Gasteiger partial charge in [0, 0.05) is 5.75 Å². The van der Waals surface area contributed by atoms with E-state index in [9.17, 15) is 5.11 Å². The fourth-order valence-electron chi connectivity index (χ4n) is 3.56. The fourth-order valence-corrected chi connectivity index (χ4v) is 4.47. The van der Waals surface area contributed by atoms with Crippen LogP contribution in [0.2, 0.25) is 0 Å². The Morgan fingerprint density at radius 3 is 2.11 bits per heavy atom. The van der Waals surface area contributed by atoms with Crippen molar-refractivity contribution in [2.24, 2.45) is 4.99 Å². The topological polar surface area (TPSA) is 41.8 Å². The van der Waals surface area contributed by atoms with Crippen molar-refractivity contribution in [2.75, 3.05) is 12.4 Å². The zero-order valence-electron chi connectivity index (χ0n) is 16.2. The van der Waals surface area contributed by atoms with Gasteiger partial charge in [-0.3, -0.25) is 4.99 Å². The number of aliphatic hydroxyl groups is 1. The van der Waals surface area contributed by atoms with Crippen LogP contribution >= 0.6 is 11.8 Å². The number of aliphatic hydroxyl groups excluding tert-OH is 1. The van der Waals surface area contributed by atoms with Gasteiger partial charge in [0.05, 0.1) is 17.7 Å². The molecule has 0 aromatic heterocycles. The first kappa shape index (κ1) is 20.0. The highest BCUT2D eigenvalue weighted by molar-refractivity contribution is 8.14. The lowest BCUT2D eigenvalue weighted by molar-refractivity contribution is 0.360. The van der Waals surface area contributed by atoms with Crippen molar-refractivity contribution >= 4 is 16.8 Å². The molecule has 0 bridgehead atoms. The average molecular weight is 384 g/mol. The minimum atomic E-state index is 0.0374. The third-order valence-corrected chi connectivity index (χ3v) is 6.02. The first-order valence-corrected chi connectivity index (χ1v) is 10.9. The standard InChI is InChI=1S/C23H29NO2S/c1-3-5-17(6-4-2)18-7-11-20(12-8-18)26-21-13-9-19(10-14-21)22-16-27-23(15-25)24-22/h7-14,17,22,25H,3-6,15-16H2,1-2H3. The smallest absolute Gasteiger partial charge is 0.127 e. The molecule has 2 aromatic carbocycles. The molecule has 1 unspecified atom stereocenters. The van der Waals surface area contributed by atoms with Crippen LogP contribution in [-0.2, 0) is 0 Å². The summed E-state index contributed by atoms with van der Waals surface area (Å²) in [6.45, 7) is 4.55. The summed E-state index contributed by atoms with van der Waals surface area (Å²) in [5.41, 5.74) is 2.58. The van der Waals surface area contributed by atoms with Gasteiger partial charge in [-0.1, -0.05) is 51.0 Å². The molecule has 1 aliphatic rings. The SMILES string of the molecule is CCCC(CCC)c1ccc(Oc2ccc(C3CSC(CO)=N3)cc2)cc1. The second-order valence-electron chi connectivity index (χ2n) is 7.02. The van der Waals surface area contributed by atoms with Gasteiger partial charge in [-0.15, -0.1) is 11.8 Å². The average Bonchev–Trinajstić information content (AvgIpc) is 3.18. The van der Waals surface area contributed by atoms with E-state index in [0.29, 0.717) is 5.92 Å². The van der Waals surface area contributed by atoms with Crippen LogP contribution in [-0.4, -0.2) is 22.5 Å². The molecule has 1 atom stereocenters. The minimum Gasteiger partial charge on any atom is -0.457 e. The van der Waals surface area contributed by atoms with Gasteiger partial charge < -0.3 is 9.84 Å². The van der Waals surface area contributed by atoms with E-state index >= 15 is 0 Å². The van der Waals surface area contributed by atoms with Crippen LogP contribution in [0.15, 0.2) is 53.5 Å². The fraction of sp³-hybridized carbons (Fsp3) is 0.435. The molecule has 0 radical (unpaired) electrons. The highest BCUT2D eigenvalue weighted by Crippen LogP contribution is 2.32. The number of hydrogen-bond donors (Lipinski definition) is 1. The van der Waals surface area contributed by atoms with E-state index in [1.54, 1.807) is 11.8 Å². The maximum Gasteiger partial charge on any atom is 0.127 e. The van der Waals surface area contributed by atoms with E-state index in [4.69, 9.17) is 4.74 Å². The molecular formula is C23H29NO2S. The molecule has 0 fully saturated rings. The van der Waals surface area contributed by atoms with Crippen LogP contribution in [0.3, 0.4) is 0 Å². The van der Waals surface area contributed by atoms with Crippen molar-refractivity contribution in [1.29, 1.82) is 0 Å². The number of rotatable bonds is 9. The van der Waals surface area contributed by atoms with E-state index < -0.39 is 0 Å². The molecule has 1 heterocycles. The zero-order chi connectivity index (χ0) is 19.1. The first-order valence-electron chi connectivity index (χ1n) is 9.91. The molecule has 1 aliphatic heterocycles. The molecule has 4 heteroatoms. The molecular weight excluding hydrogens is 354 g/mol. The second kappa shape index (κ2) is 9.95. The molecule has 0 saturated heterocycles. The van der Waals surface area contributed by atoms with Gasteiger partial charge >= 0.3 is 0 Å². The Morgan fingerprint density at radius 2 is 1.59 bits per heavy atom. The summed E-state index contributed by atoms with van der Waals surface area (Å²) in [5.74, 6) is 3.26. The Labute approximate surface area is 166 Å². The zero-order valence-corrected chi connectivity index (χ0v) is 17.0. The van der Waals surface area contributed by atoms with E-state index in [2.05, 4.69) is 55.2 Å². The molecule has 3 rings (SSSR count). The summed E-state index contributed by atoms with van der Waals surface area (Å²) in [6.07, 6.45) is 4.93. The first-order chi connectivity index (χ1) is 13.2. The maximum absolute atomic E-state index is 9.18. The highest BCUT2D eigenvalue weighted by atomic mass is 32.2. The van der Waals surface area contributed by atoms with Crippen LogP contribution in [0, 0.1) is 0 Å². The predicted molar refractivity (Wildman–Crippen MR) is 115 cm³/mol. The van der Waals surface area contributed by atoms with E-state index in [1.807, 2.05) is 12.1 Å². The molecule has 0 saturated carbocycles. The third kappa shape index (κ3) is 5.36. The van der Waals surface area contributed by atoms with Crippen molar-refractivity contribution in [1.82, 2.24) is 0 Å². The van der Waals surface area contributed by atoms with Crippen LogP contribution in [0.4, 0.5) is 0 Å². The van der Waals surface area contributed by atoms with Crippen molar-refractivity contribution in [2.45, 2.75) is 51.5 Å². The number of nitrogens with zero attached hydrogens (tertiary/aromatic N) is 1. The summed E-state index contributed by atoms with van der Waals surface area (Å²) < 4.78 is 6.01. The van der Waals surface area contributed by atoms with Crippen LogP contribution < -0.4 is 4.74 Å². The molecule has 1 N–H and O–H groups in total. The molecule has 0 amide bonds. The van der Waals surface area contributed by atoms with Gasteiger partial charge in [0.2, 0.25) is 0 Å². The van der Waals surface area contributed by atoms with E-state index in [0.717, 1.165) is 27.9 Å². The normalized spacial score (nSPS) is 16.6. The number of benzene rings is 2. The highest BCUT2D eigenvalue weighted by Gasteiger charge is 2.19. The van der Waals surface area contributed by atoms with E-state index in [1.165, 1.54) is 31.2 Å². The van der Waals surface area contributed by atoms with E-state index in [-0.39, 0.29) is 12.6 Å². The van der Waals surface area contributed by atoms with Gasteiger partial charge in [0.1, 0.15) is 11.5 Å². The number of ether oxygens (including phenoxy) is 1. The molecule has 2 aromatic rings. The molecule has 144 valence electrons. The number of aliphatic imine (C=N–C) groups is 1. The van der Waals surface area contributed by atoms with Gasteiger partial charge in [0.25, 0.3) is 0 Å². The molecule has 3 nitrogen and oxygen atoms in total. The predicted octanol–water partition coefficient (Wildman–Crippen LogP) is 6.34. The lowest BCUT2D eigenvalue weighted by Gasteiger charge is -2.16. The number of thioether (sulfide) groups is 1. The Hall–Kier alpha value is -1.78. The number of hydrogen-bond acceptors (Lipinski definition) is 4. The van der Waals surface area contributed by atoms with Crippen LogP contribution in [0.5, 0.6) is 11.5 Å². The molecule has 27 heavy (non-hydrogen) atoms. The minimum absolute atomic E-state index is 0.0374. The summed E-state index contributed by atoms with van der Waals surface area (Å²) in [6, 6.07) is 16.8.